The van der Waals surface area contributed by atoms with Crippen LogP contribution in [0.4, 0.5) is 5.69 Å². The number of anilines is 1. The highest BCUT2D eigenvalue weighted by molar-refractivity contribution is 7.88. The maximum atomic E-state index is 12.9. The minimum Gasteiger partial charge on any atom is -0.369 e. The van der Waals surface area contributed by atoms with E-state index in [0.717, 1.165) is 25.1 Å². The molecular weight excluding hydrogens is 358 g/mol. The number of aromatic nitrogens is 2. The lowest BCUT2D eigenvalue weighted by Gasteiger charge is -2.38. The third-order valence-electron chi connectivity index (χ3n) is 5.11. The quantitative estimate of drug-likeness (QED) is 0.671. The van der Waals surface area contributed by atoms with Crippen molar-refractivity contribution in [1.29, 1.82) is 0 Å². The van der Waals surface area contributed by atoms with Gasteiger partial charge in [0.1, 0.15) is 0 Å². The van der Waals surface area contributed by atoms with Crippen LogP contribution in [0, 0.1) is 5.92 Å². The number of rotatable bonds is 3. The Labute approximate surface area is 153 Å². The van der Waals surface area contributed by atoms with Crippen molar-refractivity contribution in [3.8, 4) is 0 Å². The number of amides is 1. The lowest BCUT2D eigenvalue weighted by Crippen LogP contribution is -2.53. The van der Waals surface area contributed by atoms with Gasteiger partial charge in [0.05, 0.1) is 24.1 Å². The number of carbonyl (C=O) groups is 1. The molecule has 2 fully saturated rings. The summed E-state index contributed by atoms with van der Waals surface area (Å²) in [7, 11) is -1.60. The molecule has 3 rings (SSSR count). The summed E-state index contributed by atoms with van der Waals surface area (Å²) >= 11 is 0. The van der Waals surface area contributed by atoms with Crippen LogP contribution in [0.2, 0.25) is 0 Å². The number of piperazine rings is 1. The fourth-order valence-electron chi connectivity index (χ4n) is 3.54. The van der Waals surface area contributed by atoms with Gasteiger partial charge in [0.25, 0.3) is 5.56 Å². The Kier molecular flexibility index (Phi) is 5.33. The molecule has 0 aromatic carbocycles. The van der Waals surface area contributed by atoms with Crippen molar-refractivity contribution in [1.82, 2.24) is 19.0 Å². The van der Waals surface area contributed by atoms with Gasteiger partial charge < -0.3 is 9.80 Å². The molecule has 2 saturated heterocycles. The van der Waals surface area contributed by atoms with Crippen molar-refractivity contribution in [2.45, 2.75) is 12.8 Å². The molecule has 2 aliphatic heterocycles. The van der Waals surface area contributed by atoms with Crippen LogP contribution in [0.25, 0.3) is 0 Å². The monoisotopic (exact) mass is 383 g/mol. The van der Waals surface area contributed by atoms with Crippen LogP contribution in [-0.2, 0) is 21.9 Å². The molecule has 0 spiro atoms. The van der Waals surface area contributed by atoms with Crippen LogP contribution >= 0.6 is 0 Å². The Morgan fingerprint density at radius 2 is 1.88 bits per heavy atom. The average molecular weight is 383 g/mol. The second-order valence-corrected chi connectivity index (χ2v) is 8.93. The lowest BCUT2D eigenvalue weighted by atomic mass is 9.96. The van der Waals surface area contributed by atoms with Crippen LogP contribution in [0.15, 0.2) is 17.1 Å². The Bertz CT molecular complexity index is 829. The Morgan fingerprint density at radius 1 is 1.19 bits per heavy atom. The van der Waals surface area contributed by atoms with Gasteiger partial charge in [-0.05, 0) is 12.8 Å². The van der Waals surface area contributed by atoms with Crippen molar-refractivity contribution in [3.05, 3.63) is 22.6 Å². The van der Waals surface area contributed by atoms with E-state index < -0.39 is 10.0 Å². The zero-order valence-corrected chi connectivity index (χ0v) is 16.0. The molecule has 2 aliphatic rings. The van der Waals surface area contributed by atoms with Gasteiger partial charge in [-0.2, -0.15) is 9.40 Å². The van der Waals surface area contributed by atoms with E-state index in [0.29, 0.717) is 32.7 Å². The number of hydrogen-bond acceptors (Lipinski definition) is 6. The highest BCUT2D eigenvalue weighted by Gasteiger charge is 2.32. The Morgan fingerprint density at radius 3 is 2.50 bits per heavy atom. The molecule has 0 N–H and O–H groups in total. The molecule has 0 saturated carbocycles. The van der Waals surface area contributed by atoms with E-state index in [9.17, 15) is 18.0 Å². The smallest absolute Gasteiger partial charge is 0.268 e. The first-order valence-corrected chi connectivity index (χ1v) is 10.6. The SMILES string of the molecule is Cn1ncc(N2CCCC(C(=O)N3CCN(S(C)(=O)=O)CC3)C2)cc1=O. The molecule has 0 aliphatic carbocycles. The van der Waals surface area contributed by atoms with Gasteiger partial charge in [-0.15, -0.1) is 0 Å². The molecule has 9 nitrogen and oxygen atoms in total. The van der Waals surface area contributed by atoms with Crippen molar-refractivity contribution in [3.63, 3.8) is 0 Å². The first-order chi connectivity index (χ1) is 12.3. The molecule has 1 unspecified atom stereocenters. The molecule has 10 heteroatoms. The lowest BCUT2D eigenvalue weighted by molar-refractivity contribution is -0.137. The third kappa shape index (κ3) is 4.07. The maximum absolute atomic E-state index is 12.9. The number of aryl methyl sites for hydroxylation is 1. The summed E-state index contributed by atoms with van der Waals surface area (Å²) in [6.45, 7) is 2.89. The number of sulfonamides is 1. The van der Waals surface area contributed by atoms with E-state index in [2.05, 4.69) is 5.10 Å². The summed E-state index contributed by atoms with van der Waals surface area (Å²) in [6, 6.07) is 1.55. The minimum absolute atomic E-state index is 0.0691. The fraction of sp³-hybridized carbons (Fsp3) is 0.688. The van der Waals surface area contributed by atoms with E-state index in [4.69, 9.17) is 0 Å². The van der Waals surface area contributed by atoms with Crippen LogP contribution in [0.1, 0.15) is 12.8 Å². The van der Waals surface area contributed by atoms with Gasteiger partial charge in [0.15, 0.2) is 0 Å². The van der Waals surface area contributed by atoms with Gasteiger partial charge in [-0.1, -0.05) is 0 Å². The Hall–Kier alpha value is -1.94. The molecule has 1 aromatic rings. The molecule has 1 amide bonds. The standard InChI is InChI=1S/C16H25N5O4S/c1-18-15(22)10-14(11-17-18)20-5-3-4-13(12-20)16(23)19-6-8-21(9-7-19)26(2,24)25/h10-11,13H,3-9,12H2,1-2H3. The summed E-state index contributed by atoms with van der Waals surface area (Å²) in [5.41, 5.74) is 0.570. The van der Waals surface area contributed by atoms with Crippen molar-refractivity contribution in [2.24, 2.45) is 13.0 Å². The predicted molar refractivity (Wildman–Crippen MR) is 97.4 cm³/mol. The minimum atomic E-state index is -3.20. The zero-order valence-electron chi connectivity index (χ0n) is 15.2. The van der Waals surface area contributed by atoms with Gasteiger partial charge in [0.2, 0.25) is 15.9 Å². The molecule has 1 atom stereocenters. The molecular formula is C16H25N5O4S. The summed E-state index contributed by atoms with van der Waals surface area (Å²) in [5.74, 6) is -0.0720. The fourth-order valence-corrected chi connectivity index (χ4v) is 4.37. The summed E-state index contributed by atoms with van der Waals surface area (Å²) in [6.07, 6.45) is 4.52. The molecule has 0 radical (unpaired) electrons. The largest absolute Gasteiger partial charge is 0.369 e. The van der Waals surface area contributed by atoms with E-state index in [1.54, 1.807) is 24.2 Å². The van der Waals surface area contributed by atoms with Crippen LogP contribution in [0.5, 0.6) is 0 Å². The number of piperidine rings is 1. The maximum Gasteiger partial charge on any atom is 0.268 e. The molecule has 1 aromatic heterocycles. The highest BCUT2D eigenvalue weighted by atomic mass is 32.2. The van der Waals surface area contributed by atoms with E-state index >= 15 is 0 Å². The van der Waals surface area contributed by atoms with Crippen LogP contribution < -0.4 is 10.5 Å². The normalized spacial score (nSPS) is 22.5. The summed E-state index contributed by atoms with van der Waals surface area (Å²) in [5, 5.41) is 4.05. The van der Waals surface area contributed by atoms with Gasteiger partial charge >= 0.3 is 0 Å². The zero-order chi connectivity index (χ0) is 18.9. The second-order valence-electron chi connectivity index (χ2n) is 6.95. The molecule has 0 bridgehead atoms. The van der Waals surface area contributed by atoms with Gasteiger partial charge in [-0.25, -0.2) is 13.1 Å². The Balaban J connectivity index is 1.63. The summed E-state index contributed by atoms with van der Waals surface area (Å²) < 4.78 is 25.9. The van der Waals surface area contributed by atoms with E-state index in [1.807, 2.05) is 4.90 Å². The topological polar surface area (TPSA) is 95.8 Å². The second kappa shape index (κ2) is 7.36. The highest BCUT2D eigenvalue weighted by Crippen LogP contribution is 2.23. The first-order valence-electron chi connectivity index (χ1n) is 8.78. The van der Waals surface area contributed by atoms with Crippen molar-refractivity contribution >= 4 is 21.6 Å². The first kappa shape index (κ1) is 18.8. The van der Waals surface area contributed by atoms with Gasteiger partial charge in [-0.3, -0.25) is 9.59 Å². The third-order valence-corrected chi connectivity index (χ3v) is 6.41. The molecule has 144 valence electrons. The van der Waals surface area contributed by atoms with E-state index in [1.165, 1.54) is 15.2 Å². The van der Waals surface area contributed by atoms with Gasteiger partial charge in [0, 0.05) is 52.4 Å². The predicted octanol–water partition coefficient (Wildman–Crippen LogP) is -0.899. The van der Waals surface area contributed by atoms with Crippen LogP contribution in [-0.4, -0.2) is 78.8 Å². The van der Waals surface area contributed by atoms with Crippen molar-refractivity contribution in [2.75, 3.05) is 50.4 Å². The number of carbonyl (C=O) groups excluding carboxylic acids is 1. The molecule has 26 heavy (non-hydrogen) atoms. The van der Waals surface area contributed by atoms with Crippen LogP contribution in [0.3, 0.4) is 0 Å². The van der Waals surface area contributed by atoms with Crippen molar-refractivity contribution < 1.29 is 13.2 Å². The number of nitrogens with zero attached hydrogens (tertiary/aromatic N) is 5. The summed E-state index contributed by atoms with van der Waals surface area (Å²) in [4.78, 5) is 28.5. The van der Waals surface area contributed by atoms with E-state index in [-0.39, 0.29) is 17.4 Å². The number of hydrogen-bond donors (Lipinski definition) is 0. The molecule has 3 heterocycles. The average Bonchev–Trinajstić information content (AvgIpc) is 2.63.